The van der Waals surface area contributed by atoms with Gasteiger partial charge >= 0.3 is 6.09 Å². The molecule has 8 heterocycles. The lowest BCUT2D eigenvalue weighted by molar-refractivity contribution is -0.384. The molecule has 15 aromatic rings. The van der Waals surface area contributed by atoms with Gasteiger partial charge in [0.1, 0.15) is 40.7 Å². The summed E-state index contributed by atoms with van der Waals surface area (Å²) in [5.74, 6) is 2.32. The maximum Gasteiger partial charge on any atom is 0.410 e. The van der Waals surface area contributed by atoms with Crippen LogP contribution in [0.5, 0.6) is 23.0 Å². The number of hydrogen-bond donors (Lipinski definition) is 4. The molecule has 0 saturated carbocycles. The predicted molar refractivity (Wildman–Crippen MR) is 504 cm³/mol. The molecule has 0 radical (unpaired) electrons. The number of aryl methyl sites for hydroxylation is 1. The van der Waals surface area contributed by atoms with Gasteiger partial charge in [0.25, 0.3) is 21.2 Å². The zero-order valence-electron chi connectivity index (χ0n) is 67.3. The van der Waals surface area contributed by atoms with Crippen molar-refractivity contribution in [3.63, 3.8) is 0 Å². The molecule has 0 spiro atoms. The smallest absolute Gasteiger partial charge is 0.410 e. The third kappa shape index (κ3) is 19.2. The molecule has 18 nitrogen and oxygen atoms in total. The fraction of sp³-hybridized carbons (Fsp3) is 0.186. The molecule has 0 bridgehead atoms. The lowest BCUT2D eigenvalue weighted by Gasteiger charge is -2.37. The van der Waals surface area contributed by atoms with Crippen molar-refractivity contribution in [2.24, 2.45) is 0 Å². The summed E-state index contributed by atoms with van der Waals surface area (Å²) in [6, 6.07) is 76.7. The monoisotopic (exact) mass is 1860 g/mol. The van der Waals surface area contributed by atoms with Crippen LogP contribution < -0.4 is 18.9 Å². The van der Waals surface area contributed by atoms with Crippen molar-refractivity contribution in [2.45, 2.75) is 70.1 Å². The molecular formula is C97H79BrCl4F2N10O8S3. The summed E-state index contributed by atoms with van der Waals surface area (Å²) in [7, 11) is 0. The number of fused-ring (bicyclic) bond motifs is 12. The number of para-hydroxylation sites is 1. The second-order valence-corrected chi connectivity index (χ2v) is 33.8. The van der Waals surface area contributed by atoms with Gasteiger partial charge in [-0.15, -0.1) is 11.6 Å². The second kappa shape index (κ2) is 38.7. The number of thiocarbonyl (C=S) groups is 3. The minimum Gasteiger partial charge on any atom is -0.494 e. The molecule has 4 aliphatic rings. The Bertz CT molecular complexity index is 6560. The Morgan fingerprint density at radius 3 is 1.23 bits per heavy atom. The normalized spacial score (nSPS) is 15.6. The topological polar surface area (TPSA) is 206 Å². The molecule has 19 rings (SSSR count). The maximum atomic E-state index is 13.3. The van der Waals surface area contributed by atoms with Crippen molar-refractivity contribution in [3.8, 4) is 29.1 Å². The highest BCUT2D eigenvalue weighted by molar-refractivity contribution is 9.10. The first kappa shape index (κ1) is 86.6. The number of benzene rings is 11. The average molecular weight is 1870 g/mol. The molecule has 0 fully saturated rings. The Labute approximate surface area is 763 Å². The number of nitriles is 1. The fourth-order valence-corrected chi connectivity index (χ4v) is 18.5. The highest BCUT2D eigenvalue weighted by Gasteiger charge is 2.40. The number of aromatic amines is 4. The Hall–Kier alpha value is -11.9. The van der Waals surface area contributed by atoms with Crippen LogP contribution in [0, 0.1) is 40.0 Å². The fourth-order valence-electron chi connectivity index (χ4n) is 16.7. The van der Waals surface area contributed by atoms with Crippen molar-refractivity contribution in [2.75, 3.05) is 45.3 Å². The summed E-state index contributed by atoms with van der Waals surface area (Å²) in [6.07, 6.45) is 3.59. The van der Waals surface area contributed by atoms with E-state index >= 15 is 0 Å². The van der Waals surface area contributed by atoms with E-state index in [4.69, 9.17) is 107 Å². The molecule has 28 heteroatoms. The number of nitrogens with zero attached hydrogens (tertiary/aromatic N) is 6. The van der Waals surface area contributed by atoms with E-state index in [2.05, 4.69) is 96.2 Å². The van der Waals surface area contributed by atoms with Crippen LogP contribution in [-0.4, -0.2) is 111 Å². The number of rotatable bonds is 13. The molecule has 11 aromatic carbocycles. The molecule has 0 saturated heterocycles. The van der Waals surface area contributed by atoms with Gasteiger partial charge in [0, 0.05) is 130 Å². The van der Waals surface area contributed by atoms with E-state index in [1.54, 1.807) is 41.3 Å². The van der Waals surface area contributed by atoms with Crippen molar-refractivity contribution in [3.05, 3.63) is 368 Å². The zero-order valence-corrected chi connectivity index (χ0v) is 74.3. The van der Waals surface area contributed by atoms with E-state index < -0.39 is 4.92 Å². The highest BCUT2D eigenvalue weighted by atomic mass is 79.9. The molecule has 1 amide bonds. The number of alkyl halides is 1. The molecule has 125 heavy (non-hydrogen) atoms. The maximum absolute atomic E-state index is 13.3. The summed E-state index contributed by atoms with van der Waals surface area (Å²) < 4.78 is 56.6. The Balaban J connectivity index is 0.000000123. The molecule has 4 aromatic heterocycles. The van der Waals surface area contributed by atoms with Gasteiger partial charge in [0.15, 0.2) is 0 Å². The van der Waals surface area contributed by atoms with Crippen LogP contribution in [0.2, 0.25) is 15.1 Å². The Kier molecular flexibility index (Phi) is 26.8. The van der Waals surface area contributed by atoms with Gasteiger partial charge in [-0.1, -0.05) is 123 Å². The van der Waals surface area contributed by atoms with Crippen LogP contribution in [0.1, 0.15) is 116 Å². The van der Waals surface area contributed by atoms with E-state index in [1.807, 2.05) is 138 Å². The minimum atomic E-state index is -0.429. The summed E-state index contributed by atoms with van der Waals surface area (Å²) in [5, 5.41) is 27.9. The summed E-state index contributed by atoms with van der Waals surface area (Å²) in [6.45, 7) is 7.42. The van der Waals surface area contributed by atoms with Crippen LogP contribution >= 0.6 is 99.0 Å². The molecule has 0 aliphatic carbocycles. The number of carbonyl (C=O) groups excluding carboxylic acids is 1. The van der Waals surface area contributed by atoms with E-state index in [0.717, 1.165) is 126 Å². The predicted octanol–water partition coefficient (Wildman–Crippen LogP) is 24.8. The zero-order chi connectivity index (χ0) is 87.1. The lowest BCUT2D eigenvalue weighted by atomic mass is 9.92. The van der Waals surface area contributed by atoms with Crippen molar-refractivity contribution in [1.82, 2.24) is 39.5 Å². The number of ether oxygens (including phenoxy) is 5. The molecule has 632 valence electrons. The van der Waals surface area contributed by atoms with Crippen LogP contribution in [0.15, 0.2) is 253 Å². The van der Waals surface area contributed by atoms with Crippen molar-refractivity contribution < 1.29 is 42.2 Å². The van der Waals surface area contributed by atoms with E-state index in [1.165, 1.54) is 87.4 Å². The largest absolute Gasteiger partial charge is 0.494 e. The van der Waals surface area contributed by atoms with Gasteiger partial charge < -0.3 is 58.3 Å². The lowest BCUT2D eigenvalue weighted by Crippen LogP contribution is -2.42. The number of H-pyrrole nitrogens is 4. The van der Waals surface area contributed by atoms with Crippen LogP contribution in [0.25, 0.3) is 43.6 Å². The number of nitrogens with one attached hydrogen (secondary N) is 4. The van der Waals surface area contributed by atoms with Crippen molar-refractivity contribution >= 4 is 170 Å². The molecule has 4 atom stereocenters. The third-order valence-corrected chi connectivity index (χ3v) is 24.9. The quantitative estimate of drug-likeness (QED) is 0.0278. The first-order valence-corrected chi connectivity index (χ1v) is 44.1. The summed E-state index contributed by atoms with van der Waals surface area (Å²) >= 11 is 45.2. The van der Waals surface area contributed by atoms with Gasteiger partial charge in [-0.05, 0) is 297 Å². The van der Waals surface area contributed by atoms with Gasteiger partial charge in [-0.3, -0.25) is 15.0 Å². The van der Waals surface area contributed by atoms with Crippen LogP contribution in [0.4, 0.5) is 19.3 Å². The third-order valence-electron chi connectivity index (χ3n) is 22.5. The number of nitro benzene ring substituents is 1. The van der Waals surface area contributed by atoms with Gasteiger partial charge in [-0.2, -0.15) is 5.26 Å². The highest BCUT2D eigenvalue weighted by Crippen LogP contribution is 2.46. The summed E-state index contributed by atoms with van der Waals surface area (Å²) in [4.78, 5) is 45.6. The number of amides is 1. The average Bonchev–Trinajstić information content (AvgIpc) is 1.62. The molecule has 4 N–H and O–H groups in total. The molecule has 4 aliphatic heterocycles. The van der Waals surface area contributed by atoms with Gasteiger partial charge in [0.2, 0.25) is 0 Å². The second-order valence-electron chi connectivity index (χ2n) is 30.2. The van der Waals surface area contributed by atoms with Crippen molar-refractivity contribution in [1.29, 1.82) is 5.26 Å². The number of non-ortho nitro benzene ring substituents is 1. The number of hydrogen-bond acceptors (Lipinski definition) is 12. The van der Waals surface area contributed by atoms with E-state index in [0.29, 0.717) is 87.6 Å². The number of halogens is 7. The minimum absolute atomic E-state index is 0.00917. The van der Waals surface area contributed by atoms with Crippen LogP contribution in [0.3, 0.4) is 0 Å². The van der Waals surface area contributed by atoms with E-state index in [9.17, 15) is 29.0 Å². The first-order chi connectivity index (χ1) is 60.6. The summed E-state index contributed by atoms with van der Waals surface area (Å²) in [5.41, 5.74) is 19.0. The number of aromatic nitrogens is 4. The van der Waals surface area contributed by atoms with Gasteiger partial charge in [-0.25, -0.2) is 13.6 Å². The Morgan fingerprint density at radius 1 is 0.488 bits per heavy atom. The number of carbonyl (C=O) groups is 1. The standard InChI is InChI=1S/C25H21BrN2OS.C25H17ClFN3OS.C24H17ClFN3O3S.C23H24Cl2N2O3/c1-16-7-9-17(10-8-16)24-23-20(21-15-18(26)11-12-22(21)27-23)13-14-28(24)25(30)29-19-5-3-2-4-6-19;26-17-5-10-22-21(13-17)20-11-12-30(25(32)31-19-8-6-18(27)7-9-19)24(23(20)29-22)16-3-1-15(14-28)2-4-16;25-15-3-10-21-20(13-15)19-11-12-28(24(33)32-18-8-4-16(26)5-9-18)23(22(19)27-21)14-1-6-17(7-2-14)29(30)31;1-2-29-23(28)27-12-10-18-19-14-16(25)6-9-20(19)26-21(18)22(27)15-4-7-17(8-5-15)30-13-3-11-24/h2-12,15,24,27H,13-14H2,1H3;1-10,13,24,29H,11-12H2;1-10,13,23,27H,11-12H2;4-9,14,22,26H,2-3,10-13H2,1H3. The molecule has 4 unspecified atom stereocenters. The first-order valence-electron chi connectivity index (χ1n) is 40.4. The van der Waals surface area contributed by atoms with Gasteiger partial charge in [0.05, 0.1) is 47.9 Å². The molecular weight excluding hydrogens is 1790 g/mol. The number of nitro groups is 1. The Morgan fingerprint density at radius 2 is 0.840 bits per heavy atom. The van der Waals surface area contributed by atoms with Crippen LogP contribution in [-0.2, 0) is 30.4 Å². The SMILES string of the molecule is CCOC(=O)N1CCc2c([nH]c3ccc(Cl)cc23)C1c1ccc(OCCCCl)cc1.Cc1ccc(C2c3[nH]c4ccc(Br)cc4c3CCN2C(=S)Oc2ccccc2)cc1.N#Cc1ccc(C2c3[nH]c4ccc(Cl)cc4c3CCN2C(=S)Oc2ccc(F)cc2)cc1.O=[N+]([O-])c1ccc(C2c3[nH]c4ccc(Cl)cc4c3CCN2C(=S)Oc2ccc(F)cc2)cc1. The van der Waals surface area contributed by atoms with E-state index in [-0.39, 0.29) is 52.8 Å².